The molecule has 5 rings (SSSR count). The molecule has 3 aliphatic heterocycles. The second-order valence-corrected chi connectivity index (χ2v) is 9.99. The van der Waals surface area contributed by atoms with E-state index in [9.17, 15) is 4.79 Å². The summed E-state index contributed by atoms with van der Waals surface area (Å²) < 4.78 is 0. The first-order valence-corrected chi connectivity index (χ1v) is 11.2. The minimum absolute atomic E-state index is 0.234. The van der Waals surface area contributed by atoms with Gasteiger partial charge >= 0.3 is 0 Å². The number of piperidine rings is 1. The van der Waals surface area contributed by atoms with Crippen molar-refractivity contribution in [3.05, 3.63) is 21.9 Å². The number of amides is 1. The minimum Gasteiger partial charge on any atom is -0.348 e. The van der Waals surface area contributed by atoms with Crippen molar-refractivity contribution in [1.29, 1.82) is 0 Å². The molecule has 1 amide bonds. The number of carbonyl (C=O) groups is 1. The number of hydrogen-bond donors (Lipinski definition) is 0. The summed E-state index contributed by atoms with van der Waals surface area (Å²) in [7, 11) is 3.72. The van der Waals surface area contributed by atoms with Crippen molar-refractivity contribution in [2.75, 3.05) is 40.3 Å². The Bertz CT molecular complexity index is 623. The molecular formula is C21H33N3OS. The summed E-state index contributed by atoms with van der Waals surface area (Å²) in [5.41, 5.74) is 0. The van der Waals surface area contributed by atoms with Crippen LogP contribution in [0.2, 0.25) is 0 Å². The standard InChI is InChI=1S/C21H33N3OS/c1-22(2)21(25)15-23-11-16-7-8-18(13-23)24(12-16)14-19-9-10-20(26-19)17-5-3-4-6-17/h9-10,16-18H,3-8,11-15H2,1-2H3/t16-,18+/m0/s1. The van der Waals surface area contributed by atoms with E-state index in [1.165, 1.54) is 49.9 Å². The van der Waals surface area contributed by atoms with Gasteiger partial charge in [-0.2, -0.15) is 0 Å². The maximum atomic E-state index is 12.1. The highest BCUT2D eigenvalue weighted by atomic mass is 32.1. The highest BCUT2D eigenvalue weighted by molar-refractivity contribution is 7.12. The van der Waals surface area contributed by atoms with Crippen molar-refractivity contribution in [3.8, 4) is 0 Å². The number of nitrogens with zero attached hydrogens (tertiary/aromatic N) is 3. The van der Waals surface area contributed by atoms with E-state index >= 15 is 0 Å². The zero-order valence-electron chi connectivity index (χ0n) is 16.3. The van der Waals surface area contributed by atoms with Crippen LogP contribution in [0.15, 0.2) is 12.1 Å². The van der Waals surface area contributed by atoms with Crippen LogP contribution in [0.5, 0.6) is 0 Å². The Morgan fingerprint density at radius 1 is 1.12 bits per heavy atom. The number of carbonyl (C=O) groups excluding carboxylic acids is 1. The molecule has 0 unspecified atom stereocenters. The summed E-state index contributed by atoms with van der Waals surface area (Å²) in [5.74, 6) is 1.79. The average Bonchev–Trinajstić information content (AvgIpc) is 3.22. The molecule has 4 nitrogen and oxygen atoms in total. The maximum absolute atomic E-state index is 12.1. The van der Waals surface area contributed by atoms with Crippen molar-refractivity contribution in [3.63, 3.8) is 0 Å². The Labute approximate surface area is 162 Å². The predicted molar refractivity (Wildman–Crippen MR) is 108 cm³/mol. The third-order valence-electron chi connectivity index (χ3n) is 6.56. The van der Waals surface area contributed by atoms with Crippen LogP contribution in [-0.2, 0) is 11.3 Å². The van der Waals surface area contributed by atoms with Gasteiger partial charge in [-0.3, -0.25) is 14.6 Å². The van der Waals surface area contributed by atoms with Crippen LogP contribution in [0.4, 0.5) is 0 Å². The molecule has 4 fully saturated rings. The third kappa shape index (κ3) is 4.15. The molecule has 0 N–H and O–H groups in total. The van der Waals surface area contributed by atoms with Gasteiger partial charge in [0.05, 0.1) is 6.54 Å². The van der Waals surface area contributed by atoms with Crippen LogP contribution in [0.1, 0.15) is 54.2 Å². The first kappa shape index (κ1) is 18.5. The fourth-order valence-electron chi connectivity index (χ4n) is 5.04. The first-order valence-electron chi connectivity index (χ1n) is 10.3. The molecule has 1 aliphatic carbocycles. The lowest BCUT2D eigenvalue weighted by molar-refractivity contribution is -0.130. The molecule has 1 aromatic heterocycles. The molecule has 1 aromatic rings. The molecule has 26 heavy (non-hydrogen) atoms. The van der Waals surface area contributed by atoms with Crippen molar-refractivity contribution in [2.24, 2.45) is 5.92 Å². The van der Waals surface area contributed by atoms with Crippen molar-refractivity contribution >= 4 is 17.2 Å². The van der Waals surface area contributed by atoms with Crippen LogP contribution < -0.4 is 0 Å². The monoisotopic (exact) mass is 375 g/mol. The van der Waals surface area contributed by atoms with Crippen molar-refractivity contribution < 1.29 is 4.79 Å². The smallest absolute Gasteiger partial charge is 0.236 e. The number of likely N-dealkylation sites (N-methyl/N-ethyl adjacent to an activating group) is 1. The van der Waals surface area contributed by atoms with E-state index in [0.29, 0.717) is 12.6 Å². The quantitative estimate of drug-likeness (QED) is 0.789. The summed E-state index contributed by atoms with van der Waals surface area (Å²) in [4.78, 5) is 22.1. The molecule has 0 spiro atoms. The van der Waals surface area contributed by atoms with E-state index in [4.69, 9.17) is 0 Å². The zero-order valence-corrected chi connectivity index (χ0v) is 17.1. The Kier molecular flexibility index (Phi) is 5.67. The van der Waals surface area contributed by atoms with Crippen LogP contribution in [0.25, 0.3) is 0 Å². The first-order chi connectivity index (χ1) is 12.6. The van der Waals surface area contributed by atoms with Gasteiger partial charge in [0.2, 0.25) is 5.91 Å². The van der Waals surface area contributed by atoms with Crippen LogP contribution in [-0.4, -0.2) is 66.9 Å². The lowest BCUT2D eigenvalue weighted by Gasteiger charge is -2.35. The second-order valence-electron chi connectivity index (χ2n) is 8.79. The van der Waals surface area contributed by atoms with Crippen LogP contribution in [0, 0.1) is 5.92 Å². The number of hydrogen-bond acceptors (Lipinski definition) is 4. The normalized spacial score (nSPS) is 27.8. The van der Waals surface area contributed by atoms with E-state index in [1.807, 2.05) is 14.1 Å². The van der Waals surface area contributed by atoms with Gasteiger partial charge in [0.1, 0.15) is 0 Å². The molecule has 0 aromatic carbocycles. The molecule has 4 aliphatic rings. The fourth-order valence-corrected chi connectivity index (χ4v) is 6.25. The maximum Gasteiger partial charge on any atom is 0.236 e. The molecule has 0 radical (unpaired) electrons. The Hall–Kier alpha value is -0.910. The Balaban J connectivity index is 1.38. The van der Waals surface area contributed by atoms with Crippen LogP contribution in [0.3, 0.4) is 0 Å². The van der Waals surface area contributed by atoms with Gasteiger partial charge in [0.25, 0.3) is 0 Å². The number of rotatable bonds is 5. The fraction of sp³-hybridized carbons (Fsp3) is 0.762. The largest absolute Gasteiger partial charge is 0.348 e. The second kappa shape index (κ2) is 7.99. The highest BCUT2D eigenvalue weighted by Crippen LogP contribution is 2.38. The minimum atomic E-state index is 0.234. The molecule has 4 heterocycles. The number of thiophene rings is 1. The highest BCUT2D eigenvalue weighted by Gasteiger charge is 2.35. The SMILES string of the molecule is CN(C)C(=O)CN1C[C@@H]2CC[C@H](C1)N(Cc1ccc(C3CCCC3)s1)C2. The topological polar surface area (TPSA) is 26.8 Å². The number of fused-ring (bicyclic) bond motifs is 4. The van der Waals surface area contributed by atoms with Gasteiger partial charge < -0.3 is 4.90 Å². The van der Waals surface area contributed by atoms with Gasteiger partial charge in [0.15, 0.2) is 0 Å². The molecule has 2 bridgehead atoms. The van der Waals surface area contributed by atoms with E-state index in [0.717, 1.165) is 31.5 Å². The van der Waals surface area contributed by atoms with Gasteiger partial charge in [-0.1, -0.05) is 12.8 Å². The molecule has 3 saturated heterocycles. The lowest BCUT2D eigenvalue weighted by Crippen LogP contribution is -2.44. The summed E-state index contributed by atoms with van der Waals surface area (Å²) in [5, 5.41) is 0. The summed E-state index contributed by atoms with van der Waals surface area (Å²) in [6.07, 6.45) is 8.22. The molecular weight excluding hydrogens is 342 g/mol. The average molecular weight is 376 g/mol. The Morgan fingerprint density at radius 3 is 2.69 bits per heavy atom. The van der Waals surface area contributed by atoms with E-state index in [2.05, 4.69) is 33.3 Å². The summed E-state index contributed by atoms with van der Waals surface area (Å²) >= 11 is 2.06. The van der Waals surface area contributed by atoms with E-state index in [-0.39, 0.29) is 5.91 Å². The zero-order chi connectivity index (χ0) is 18.1. The third-order valence-corrected chi connectivity index (χ3v) is 7.79. The van der Waals surface area contributed by atoms with Gasteiger partial charge in [0, 0.05) is 56.1 Å². The molecule has 2 atom stereocenters. The summed E-state index contributed by atoms with van der Waals surface area (Å²) in [6.45, 7) is 5.03. The van der Waals surface area contributed by atoms with E-state index < -0.39 is 0 Å². The van der Waals surface area contributed by atoms with E-state index in [1.54, 1.807) is 9.78 Å². The van der Waals surface area contributed by atoms with Gasteiger partial charge in [-0.05, 0) is 49.7 Å². The molecule has 5 heteroatoms. The Morgan fingerprint density at radius 2 is 1.92 bits per heavy atom. The lowest BCUT2D eigenvalue weighted by atomic mass is 9.95. The predicted octanol–water partition coefficient (Wildman–Crippen LogP) is 3.39. The van der Waals surface area contributed by atoms with Gasteiger partial charge in [-0.25, -0.2) is 0 Å². The summed E-state index contributed by atoms with van der Waals surface area (Å²) in [6, 6.07) is 5.39. The molecule has 1 saturated carbocycles. The van der Waals surface area contributed by atoms with Crippen molar-refractivity contribution in [2.45, 2.75) is 57.0 Å². The van der Waals surface area contributed by atoms with Crippen LogP contribution >= 0.6 is 11.3 Å². The van der Waals surface area contributed by atoms with Gasteiger partial charge in [-0.15, -0.1) is 11.3 Å². The molecule has 144 valence electrons. The van der Waals surface area contributed by atoms with Crippen molar-refractivity contribution in [1.82, 2.24) is 14.7 Å².